The van der Waals surface area contributed by atoms with Gasteiger partial charge in [-0.1, -0.05) is 178 Å². The van der Waals surface area contributed by atoms with Crippen LogP contribution in [0.2, 0.25) is 0 Å². The highest BCUT2D eigenvalue weighted by atomic mass is 16.6. The van der Waals surface area contributed by atoms with Crippen molar-refractivity contribution in [3.05, 3.63) is 60.8 Å². The molecule has 59 heavy (non-hydrogen) atoms. The van der Waals surface area contributed by atoms with Crippen molar-refractivity contribution in [2.24, 2.45) is 0 Å². The molecule has 0 spiro atoms. The summed E-state index contributed by atoms with van der Waals surface area (Å²) >= 11 is 0. The Morgan fingerprint density at radius 3 is 1.08 bits per heavy atom. The Morgan fingerprint density at radius 2 is 0.627 bits per heavy atom. The standard InChI is InChI=1S/C53H92O6/c1-4-7-10-13-16-19-22-24-26-28-31-33-36-39-42-45-51(54)57-48-50(59-53(56)47-44-41-38-35-30-21-18-15-12-9-6-3)49-58-52(55)46-43-40-37-34-32-29-27-25-23-20-17-14-11-8-5-2/h15-16,18-20,23-24,26,31,33,50H,4-14,17,21-22,25,27-30,32,34-49H2,1-3H3/b18-15-,19-16-,23-20-,26-24-,33-31-/t50-/m1/s1. The highest BCUT2D eigenvalue weighted by Gasteiger charge is 2.19. The molecular weight excluding hydrogens is 733 g/mol. The summed E-state index contributed by atoms with van der Waals surface area (Å²) in [7, 11) is 0. The molecule has 0 N–H and O–H groups in total. The molecule has 0 aromatic carbocycles. The molecule has 6 heteroatoms. The first-order valence-corrected chi connectivity index (χ1v) is 24.8. The topological polar surface area (TPSA) is 78.9 Å². The number of unbranched alkanes of at least 4 members (excludes halogenated alkanes) is 23. The number of esters is 3. The zero-order chi connectivity index (χ0) is 43.0. The molecule has 0 aliphatic rings. The highest BCUT2D eigenvalue weighted by Crippen LogP contribution is 2.13. The van der Waals surface area contributed by atoms with Crippen LogP contribution in [-0.4, -0.2) is 37.2 Å². The van der Waals surface area contributed by atoms with Gasteiger partial charge in [0.05, 0.1) is 0 Å². The molecule has 0 heterocycles. The minimum atomic E-state index is -0.793. The predicted octanol–water partition coefficient (Wildman–Crippen LogP) is 16.1. The number of ether oxygens (including phenoxy) is 3. The first-order chi connectivity index (χ1) is 29.0. The van der Waals surface area contributed by atoms with Crippen molar-refractivity contribution >= 4 is 17.9 Å². The van der Waals surface area contributed by atoms with E-state index in [2.05, 4.69) is 81.5 Å². The van der Waals surface area contributed by atoms with Crippen LogP contribution in [0.25, 0.3) is 0 Å². The van der Waals surface area contributed by atoms with Crippen LogP contribution in [0.15, 0.2) is 60.8 Å². The second-order valence-corrected chi connectivity index (χ2v) is 16.4. The van der Waals surface area contributed by atoms with Crippen molar-refractivity contribution in [2.75, 3.05) is 13.2 Å². The fraction of sp³-hybridized carbons (Fsp3) is 0.755. The van der Waals surface area contributed by atoms with Crippen molar-refractivity contribution in [3.63, 3.8) is 0 Å². The van der Waals surface area contributed by atoms with E-state index < -0.39 is 6.10 Å². The summed E-state index contributed by atoms with van der Waals surface area (Å²) in [6.07, 6.45) is 57.7. The van der Waals surface area contributed by atoms with Crippen LogP contribution in [0.5, 0.6) is 0 Å². The summed E-state index contributed by atoms with van der Waals surface area (Å²) in [6, 6.07) is 0. The molecule has 6 nitrogen and oxygen atoms in total. The van der Waals surface area contributed by atoms with Gasteiger partial charge >= 0.3 is 17.9 Å². The molecule has 0 rings (SSSR count). The number of rotatable bonds is 44. The van der Waals surface area contributed by atoms with E-state index in [-0.39, 0.29) is 31.1 Å². The third-order valence-electron chi connectivity index (χ3n) is 10.5. The number of carbonyl (C=O) groups is 3. The fourth-order valence-electron chi connectivity index (χ4n) is 6.66. The molecule has 1 atom stereocenters. The van der Waals surface area contributed by atoms with Crippen LogP contribution < -0.4 is 0 Å². The number of hydrogen-bond donors (Lipinski definition) is 0. The maximum absolute atomic E-state index is 12.7. The van der Waals surface area contributed by atoms with Crippen LogP contribution in [-0.2, 0) is 28.6 Å². The van der Waals surface area contributed by atoms with E-state index in [0.29, 0.717) is 19.3 Å². The first-order valence-electron chi connectivity index (χ1n) is 24.8. The molecule has 0 aliphatic heterocycles. The van der Waals surface area contributed by atoms with E-state index in [0.717, 1.165) is 83.5 Å². The molecule has 340 valence electrons. The Labute approximate surface area is 364 Å². The highest BCUT2D eigenvalue weighted by molar-refractivity contribution is 5.71. The van der Waals surface area contributed by atoms with Crippen molar-refractivity contribution in [2.45, 2.75) is 245 Å². The second kappa shape index (κ2) is 47.8. The lowest BCUT2D eigenvalue weighted by molar-refractivity contribution is -0.167. The Morgan fingerprint density at radius 1 is 0.339 bits per heavy atom. The maximum atomic E-state index is 12.7. The zero-order valence-corrected chi connectivity index (χ0v) is 38.8. The SMILES string of the molecule is CCCC/C=C\CCCCCCCC(=O)O[C@H](COC(=O)CCCC/C=C\C/C=C\C/C=C\CCCCC)COC(=O)CCCCCCCCC/C=C\CCCCCC. The predicted molar refractivity (Wildman–Crippen MR) is 251 cm³/mol. The molecule has 0 saturated carbocycles. The smallest absolute Gasteiger partial charge is 0.306 e. The average Bonchev–Trinajstić information content (AvgIpc) is 3.23. The van der Waals surface area contributed by atoms with Gasteiger partial charge in [0, 0.05) is 19.3 Å². The molecule has 0 aromatic heterocycles. The summed E-state index contributed by atoms with van der Waals surface area (Å²) in [5.74, 6) is -0.946. The Bertz CT molecular complexity index is 1090. The van der Waals surface area contributed by atoms with Crippen LogP contribution in [0.1, 0.15) is 239 Å². The average molecular weight is 825 g/mol. The lowest BCUT2D eigenvalue weighted by Gasteiger charge is -2.18. The Kier molecular flexibility index (Phi) is 45.4. The molecule has 0 saturated heterocycles. The minimum absolute atomic E-state index is 0.0920. The van der Waals surface area contributed by atoms with Crippen molar-refractivity contribution < 1.29 is 28.6 Å². The second-order valence-electron chi connectivity index (χ2n) is 16.4. The molecule has 0 bridgehead atoms. The number of hydrogen-bond acceptors (Lipinski definition) is 6. The molecule has 0 amide bonds. The van der Waals surface area contributed by atoms with Gasteiger partial charge in [-0.15, -0.1) is 0 Å². The first kappa shape index (κ1) is 56.1. The van der Waals surface area contributed by atoms with Crippen LogP contribution >= 0.6 is 0 Å². The minimum Gasteiger partial charge on any atom is -0.462 e. The summed E-state index contributed by atoms with van der Waals surface area (Å²) in [5, 5.41) is 0. The maximum Gasteiger partial charge on any atom is 0.306 e. The van der Waals surface area contributed by atoms with E-state index in [1.807, 2.05) is 0 Å². The van der Waals surface area contributed by atoms with E-state index in [9.17, 15) is 14.4 Å². The van der Waals surface area contributed by atoms with Gasteiger partial charge in [0.15, 0.2) is 6.10 Å². The third kappa shape index (κ3) is 46.0. The van der Waals surface area contributed by atoms with Crippen molar-refractivity contribution in [3.8, 4) is 0 Å². The summed E-state index contributed by atoms with van der Waals surface area (Å²) in [5.41, 5.74) is 0. The van der Waals surface area contributed by atoms with E-state index in [4.69, 9.17) is 14.2 Å². The fourth-order valence-corrected chi connectivity index (χ4v) is 6.66. The lowest BCUT2D eigenvalue weighted by atomic mass is 10.1. The number of allylic oxidation sites excluding steroid dienone is 10. The normalized spacial score (nSPS) is 12.5. The van der Waals surface area contributed by atoms with Gasteiger partial charge in [-0.3, -0.25) is 14.4 Å². The van der Waals surface area contributed by atoms with Gasteiger partial charge in [-0.25, -0.2) is 0 Å². The van der Waals surface area contributed by atoms with Gasteiger partial charge in [-0.05, 0) is 103 Å². The molecule has 0 radical (unpaired) electrons. The lowest BCUT2D eigenvalue weighted by Crippen LogP contribution is -2.30. The molecule has 0 aromatic rings. The molecule has 0 fully saturated rings. The van der Waals surface area contributed by atoms with Crippen LogP contribution in [0.3, 0.4) is 0 Å². The zero-order valence-electron chi connectivity index (χ0n) is 38.8. The quantitative estimate of drug-likeness (QED) is 0.0263. The molecular formula is C53H92O6. The van der Waals surface area contributed by atoms with Gasteiger partial charge in [0.1, 0.15) is 13.2 Å². The van der Waals surface area contributed by atoms with Gasteiger partial charge in [0.2, 0.25) is 0 Å². The Hall–Kier alpha value is -2.89. The summed E-state index contributed by atoms with van der Waals surface area (Å²) in [4.78, 5) is 37.8. The van der Waals surface area contributed by atoms with Crippen molar-refractivity contribution in [1.29, 1.82) is 0 Å². The van der Waals surface area contributed by atoms with Gasteiger partial charge < -0.3 is 14.2 Å². The largest absolute Gasteiger partial charge is 0.462 e. The van der Waals surface area contributed by atoms with Gasteiger partial charge in [-0.2, -0.15) is 0 Å². The van der Waals surface area contributed by atoms with E-state index in [1.165, 1.54) is 116 Å². The summed E-state index contributed by atoms with van der Waals surface area (Å²) in [6.45, 7) is 6.51. The van der Waals surface area contributed by atoms with E-state index in [1.54, 1.807) is 0 Å². The Balaban J connectivity index is 4.43. The summed E-state index contributed by atoms with van der Waals surface area (Å²) < 4.78 is 16.7. The number of carbonyl (C=O) groups excluding carboxylic acids is 3. The molecule has 0 aliphatic carbocycles. The van der Waals surface area contributed by atoms with E-state index >= 15 is 0 Å². The van der Waals surface area contributed by atoms with Crippen LogP contribution in [0, 0.1) is 0 Å². The van der Waals surface area contributed by atoms with Crippen molar-refractivity contribution in [1.82, 2.24) is 0 Å². The van der Waals surface area contributed by atoms with Crippen LogP contribution in [0.4, 0.5) is 0 Å². The van der Waals surface area contributed by atoms with Gasteiger partial charge in [0.25, 0.3) is 0 Å². The monoisotopic (exact) mass is 825 g/mol. The third-order valence-corrected chi connectivity index (χ3v) is 10.5. The molecule has 0 unspecified atom stereocenters.